The number of amides is 1. The first-order valence-electron chi connectivity index (χ1n) is 6.78. The van der Waals surface area contributed by atoms with Crippen LogP contribution in [-0.4, -0.2) is 15.4 Å². The molecule has 1 aromatic heterocycles. The van der Waals surface area contributed by atoms with Crippen LogP contribution in [0.2, 0.25) is 10.0 Å². The summed E-state index contributed by atoms with van der Waals surface area (Å²) in [6, 6.07) is 5.64. The Morgan fingerprint density at radius 1 is 1.44 bits per heavy atom. The van der Waals surface area contributed by atoms with Gasteiger partial charge in [-0.1, -0.05) is 29.3 Å². The first-order valence-corrected chi connectivity index (χ1v) is 7.53. The Bertz CT molecular complexity index is 979. The number of hydrogen-bond acceptors (Lipinski definition) is 5. The van der Waals surface area contributed by atoms with Gasteiger partial charge in [0, 0.05) is 6.07 Å². The molecule has 0 radical (unpaired) electrons. The molecule has 2 rings (SSSR count). The molecule has 0 aliphatic heterocycles. The van der Waals surface area contributed by atoms with Crippen molar-refractivity contribution < 1.29 is 9.72 Å². The summed E-state index contributed by atoms with van der Waals surface area (Å²) < 4.78 is 0.781. The Hall–Kier alpha value is -2.89. The summed E-state index contributed by atoms with van der Waals surface area (Å²) in [5, 5.41) is 22.7. The lowest BCUT2D eigenvalue weighted by molar-refractivity contribution is -0.385. The number of rotatable bonds is 4. The van der Waals surface area contributed by atoms with E-state index in [0.29, 0.717) is 5.56 Å². The summed E-state index contributed by atoms with van der Waals surface area (Å²) >= 11 is 12.1. The monoisotopic (exact) mass is 380 g/mol. The van der Waals surface area contributed by atoms with Crippen LogP contribution in [0.25, 0.3) is 0 Å². The van der Waals surface area contributed by atoms with E-state index in [4.69, 9.17) is 28.5 Å². The van der Waals surface area contributed by atoms with Gasteiger partial charge in [-0.2, -0.15) is 5.26 Å². The smallest absolute Gasteiger partial charge is 0.287 e. The Labute approximate surface area is 151 Å². The predicted molar refractivity (Wildman–Crippen MR) is 91.9 cm³/mol. The summed E-state index contributed by atoms with van der Waals surface area (Å²) in [7, 11) is 0. The number of nitrogens with zero attached hydrogens (tertiary/aromatic N) is 3. The SMILES string of the molecule is Cc1ccc(Cl)c(NC(=O)Cn2cc([N+](=O)[O-])cc(C#N)c2=O)c1Cl. The highest BCUT2D eigenvalue weighted by Crippen LogP contribution is 2.32. The van der Waals surface area contributed by atoms with Crippen LogP contribution in [0.4, 0.5) is 11.4 Å². The molecule has 10 heteroatoms. The molecule has 25 heavy (non-hydrogen) atoms. The Balaban J connectivity index is 2.35. The van der Waals surface area contributed by atoms with E-state index in [0.717, 1.165) is 16.8 Å². The topological polar surface area (TPSA) is 118 Å². The van der Waals surface area contributed by atoms with E-state index in [1.807, 2.05) is 0 Å². The van der Waals surface area contributed by atoms with E-state index in [9.17, 15) is 19.7 Å². The third-order valence-corrected chi connectivity index (χ3v) is 4.07. The minimum absolute atomic E-state index is 0.173. The lowest BCUT2D eigenvalue weighted by Gasteiger charge is -2.12. The number of halogens is 2. The molecule has 1 aromatic carbocycles. The summed E-state index contributed by atoms with van der Waals surface area (Å²) in [6.45, 7) is 1.17. The molecule has 2 aromatic rings. The van der Waals surface area contributed by atoms with Crippen LogP contribution in [0.3, 0.4) is 0 Å². The van der Waals surface area contributed by atoms with Gasteiger partial charge in [-0.15, -0.1) is 0 Å². The summed E-state index contributed by atoms with van der Waals surface area (Å²) in [6.07, 6.45) is 0.891. The molecule has 0 saturated heterocycles. The second kappa shape index (κ2) is 7.34. The number of nitriles is 1. The van der Waals surface area contributed by atoms with Gasteiger partial charge in [0.2, 0.25) is 5.91 Å². The van der Waals surface area contributed by atoms with Crippen LogP contribution in [0, 0.1) is 28.4 Å². The van der Waals surface area contributed by atoms with Gasteiger partial charge in [0.1, 0.15) is 18.2 Å². The number of aromatic nitrogens is 1. The Morgan fingerprint density at radius 2 is 2.12 bits per heavy atom. The van der Waals surface area contributed by atoms with Crippen molar-refractivity contribution in [3.05, 3.63) is 66.0 Å². The number of carbonyl (C=O) groups is 1. The van der Waals surface area contributed by atoms with Crippen molar-refractivity contribution in [2.24, 2.45) is 0 Å². The average Bonchev–Trinajstić information content (AvgIpc) is 2.56. The highest BCUT2D eigenvalue weighted by Gasteiger charge is 2.17. The van der Waals surface area contributed by atoms with E-state index in [-0.39, 0.29) is 15.7 Å². The van der Waals surface area contributed by atoms with Gasteiger partial charge < -0.3 is 5.32 Å². The number of hydrogen-bond donors (Lipinski definition) is 1. The highest BCUT2D eigenvalue weighted by atomic mass is 35.5. The molecule has 1 heterocycles. The summed E-state index contributed by atoms with van der Waals surface area (Å²) in [5.74, 6) is -0.680. The second-order valence-corrected chi connectivity index (χ2v) is 5.80. The normalized spacial score (nSPS) is 10.2. The molecule has 1 N–H and O–H groups in total. The third-order valence-electron chi connectivity index (χ3n) is 3.27. The van der Waals surface area contributed by atoms with Crippen molar-refractivity contribution in [2.45, 2.75) is 13.5 Å². The number of nitro groups is 1. The van der Waals surface area contributed by atoms with Crippen LogP contribution in [0.5, 0.6) is 0 Å². The molecule has 8 nitrogen and oxygen atoms in total. The molecule has 128 valence electrons. The Kier molecular flexibility index (Phi) is 5.41. The molecule has 0 unspecified atom stereocenters. The van der Waals surface area contributed by atoms with Gasteiger partial charge in [0.25, 0.3) is 11.2 Å². The van der Waals surface area contributed by atoms with E-state index in [1.54, 1.807) is 25.1 Å². The first-order chi connectivity index (χ1) is 11.7. The lowest BCUT2D eigenvalue weighted by Crippen LogP contribution is -2.29. The van der Waals surface area contributed by atoms with Crippen LogP contribution in [0.1, 0.15) is 11.1 Å². The van der Waals surface area contributed by atoms with Crippen molar-refractivity contribution in [1.29, 1.82) is 5.26 Å². The molecular weight excluding hydrogens is 371 g/mol. The minimum Gasteiger partial charge on any atom is -0.322 e. The van der Waals surface area contributed by atoms with Crippen LogP contribution in [-0.2, 0) is 11.3 Å². The number of carbonyl (C=O) groups excluding carboxylic acids is 1. The molecule has 0 bridgehead atoms. The number of anilines is 1. The maximum absolute atomic E-state index is 12.2. The third kappa shape index (κ3) is 3.96. The zero-order valence-electron chi connectivity index (χ0n) is 12.7. The fourth-order valence-electron chi connectivity index (χ4n) is 2.02. The van der Waals surface area contributed by atoms with Crippen molar-refractivity contribution in [3.8, 4) is 6.07 Å². The van der Waals surface area contributed by atoms with Gasteiger partial charge >= 0.3 is 0 Å². The van der Waals surface area contributed by atoms with Crippen LogP contribution in [0.15, 0.2) is 29.2 Å². The number of pyridine rings is 1. The highest BCUT2D eigenvalue weighted by molar-refractivity contribution is 6.40. The molecule has 0 spiro atoms. The van der Waals surface area contributed by atoms with Gasteiger partial charge in [0.15, 0.2) is 0 Å². The van der Waals surface area contributed by atoms with Crippen LogP contribution < -0.4 is 10.9 Å². The molecular formula is C15H10Cl2N4O4. The largest absolute Gasteiger partial charge is 0.322 e. The lowest BCUT2D eigenvalue weighted by atomic mass is 10.2. The van der Waals surface area contributed by atoms with E-state index in [2.05, 4.69) is 5.32 Å². The predicted octanol–water partition coefficient (Wildman–Crippen LogP) is 2.88. The average molecular weight is 381 g/mol. The van der Waals surface area contributed by atoms with Crippen molar-refractivity contribution >= 4 is 40.5 Å². The summed E-state index contributed by atoms with van der Waals surface area (Å²) in [5.41, 5.74) is -0.873. The fraction of sp³-hybridized carbons (Fsp3) is 0.133. The molecule has 1 amide bonds. The van der Waals surface area contributed by atoms with Crippen molar-refractivity contribution in [1.82, 2.24) is 4.57 Å². The van der Waals surface area contributed by atoms with Gasteiger partial charge in [-0.25, -0.2) is 0 Å². The zero-order chi connectivity index (χ0) is 18.7. The van der Waals surface area contributed by atoms with Crippen molar-refractivity contribution in [3.63, 3.8) is 0 Å². The maximum Gasteiger partial charge on any atom is 0.287 e. The van der Waals surface area contributed by atoms with Gasteiger partial charge in [-0.05, 0) is 18.6 Å². The minimum atomic E-state index is -0.815. The molecule has 0 fully saturated rings. The van der Waals surface area contributed by atoms with Crippen LogP contribution >= 0.6 is 23.2 Å². The molecule has 0 aliphatic carbocycles. The van der Waals surface area contributed by atoms with Crippen molar-refractivity contribution in [2.75, 3.05) is 5.32 Å². The quantitative estimate of drug-likeness (QED) is 0.645. The van der Waals surface area contributed by atoms with E-state index >= 15 is 0 Å². The maximum atomic E-state index is 12.2. The van der Waals surface area contributed by atoms with Gasteiger partial charge in [-0.3, -0.25) is 24.3 Å². The molecule has 0 aliphatic rings. The number of aryl methyl sites for hydroxylation is 1. The molecule has 0 atom stereocenters. The Morgan fingerprint density at radius 3 is 2.72 bits per heavy atom. The van der Waals surface area contributed by atoms with Gasteiger partial charge in [0.05, 0.1) is 26.9 Å². The first kappa shape index (κ1) is 18.4. The number of nitrogens with one attached hydrogen (secondary N) is 1. The van der Waals surface area contributed by atoms with E-state index in [1.165, 1.54) is 0 Å². The zero-order valence-corrected chi connectivity index (χ0v) is 14.3. The second-order valence-electron chi connectivity index (χ2n) is 5.02. The molecule has 0 saturated carbocycles. The van der Waals surface area contributed by atoms with E-state index < -0.39 is 34.2 Å². The number of benzene rings is 1. The standard InChI is InChI=1S/C15H10Cl2N4O4/c1-8-2-3-11(16)14(13(8)17)19-12(22)7-20-6-10(21(24)25)4-9(5-18)15(20)23/h2-4,6H,7H2,1H3,(H,19,22). The summed E-state index contributed by atoms with van der Waals surface area (Å²) in [4.78, 5) is 34.3. The fourth-order valence-corrected chi connectivity index (χ4v) is 2.49.